The summed E-state index contributed by atoms with van der Waals surface area (Å²) in [7, 11) is -2.95. The molecule has 1 aliphatic rings. The van der Waals surface area contributed by atoms with Crippen molar-refractivity contribution in [2.75, 3.05) is 60.2 Å². The topological polar surface area (TPSA) is 191 Å². The van der Waals surface area contributed by atoms with Crippen molar-refractivity contribution in [3.63, 3.8) is 0 Å². The quantitative estimate of drug-likeness (QED) is 0.152. The molecule has 7 N–H and O–H groups in total. The molecule has 2 aromatic carbocycles. The number of nitrogens with two attached hydrogens (primary N) is 1. The van der Waals surface area contributed by atoms with E-state index in [0.29, 0.717) is 54.2 Å². The van der Waals surface area contributed by atoms with Gasteiger partial charge in [0.2, 0.25) is 11.9 Å². The smallest absolute Gasteiger partial charge is 0.241 e. The first kappa shape index (κ1) is 28.3. The zero-order valence-electron chi connectivity index (χ0n) is 23.3. The first-order valence-corrected chi connectivity index (χ1v) is 15.9. The Morgan fingerprint density at radius 3 is 2.49 bits per heavy atom. The van der Waals surface area contributed by atoms with E-state index < -0.39 is 9.53 Å². The number of thiocarbonyl (C=S) groups is 1. The average molecular weight is 623 g/mol. The molecule has 5 aromatic rings. The predicted octanol–water partition coefficient (Wildman–Crippen LogP) is 3.03. The van der Waals surface area contributed by atoms with Crippen LogP contribution in [0.4, 0.5) is 23.4 Å². The summed E-state index contributed by atoms with van der Waals surface area (Å²) in [5, 5.41) is 15.7. The highest BCUT2D eigenvalue weighted by molar-refractivity contribution is 8.15. The number of H-pyrrole nitrogens is 1. The number of rotatable bonds is 6. The Bertz CT molecular complexity index is 1900. The van der Waals surface area contributed by atoms with Crippen LogP contribution >= 0.6 is 12.2 Å². The zero-order valence-corrected chi connectivity index (χ0v) is 24.9. The molecule has 3 aromatic heterocycles. The van der Waals surface area contributed by atoms with Gasteiger partial charge in [-0.1, -0.05) is 0 Å². The summed E-state index contributed by atoms with van der Waals surface area (Å²) in [6, 6.07) is 11.5. The molecule has 43 heavy (non-hydrogen) atoms. The summed E-state index contributed by atoms with van der Waals surface area (Å²) in [6.45, 7) is 2.44. The van der Waals surface area contributed by atoms with Crippen LogP contribution in [-0.2, 0) is 9.53 Å². The fourth-order valence-corrected chi connectivity index (χ4v) is 6.74. The van der Waals surface area contributed by atoms with Gasteiger partial charge in [0.25, 0.3) is 0 Å². The average Bonchev–Trinajstić information content (AvgIpc) is 3.33. The van der Waals surface area contributed by atoms with Crippen molar-refractivity contribution >= 4 is 72.2 Å². The molecule has 1 saturated heterocycles. The molecule has 16 heteroatoms. The number of piperazine rings is 1. The molecule has 6 rings (SSSR count). The molecule has 1 aliphatic heterocycles. The Hall–Kier alpha value is -4.80. The third-order valence-electron chi connectivity index (χ3n) is 7.17. The number of benzene rings is 2. The lowest BCUT2D eigenvalue weighted by atomic mass is 10.1. The number of nitrogens with zero attached hydrogens (tertiary/aromatic N) is 6. The monoisotopic (exact) mass is 622 g/mol. The van der Waals surface area contributed by atoms with Gasteiger partial charge < -0.3 is 35.7 Å². The van der Waals surface area contributed by atoms with Gasteiger partial charge in [-0.25, -0.2) is 9.97 Å². The Labute approximate surface area is 251 Å². The molecular formula is C27H30N10O4S2. The highest BCUT2D eigenvalue weighted by atomic mass is 32.3. The van der Waals surface area contributed by atoms with Crippen LogP contribution in [0.25, 0.3) is 21.9 Å². The number of anilines is 4. The lowest BCUT2D eigenvalue weighted by Crippen LogP contribution is -2.50. The molecule has 0 aliphatic carbocycles. The van der Waals surface area contributed by atoms with E-state index in [-0.39, 0.29) is 22.5 Å². The van der Waals surface area contributed by atoms with Gasteiger partial charge in [0.1, 0.15) is 11.5 Å². The van der Waals surface area contributed by atoms with Gasteiger partial charge in [0.15, 0.2) is 16.6 Å². The summed E-state index contributed by atoms with van der Waals surface area (Å²) < 4.78 is 32.1. The molecule has 0 saturated carbocycles. The molecule has 0 amide bonds. The second-order valence-corrected chi connectivity index (χ2v) is 13.8. The molecular weight excluding hydrogens is 592 g/mol. The van der Waals surface area contributed by atoms with Gasteiger partial charge in [-0.15, -0.1) is 9.53 Å². The number of ether oxygens (including phenoxy) is 1. The molecule has 4 heterocycles. The van der Waals surface area contributed by atoms with Crippen molar-refractivity contribution < 1.29 is 18.6 Å². The van der Waals surface area contributed by atoms with Gasteiger partial charge in [-0.3, -0.25) is 9.27 Å². The lowest BCUT2D eigenvalue weighted by Gasteiger charge is -2.39. The van der Waals surface area contributed by atoms with E-state index >= 15 is 0 Å². The largest absolute Gasteiger partial charge is 0.504 e. The number of phenols is 1. The van der Waals surface area contributed by atoms with E-state index in [1.165, 1.54) is 25.8 Å². The van der Waals surface area contributed by atoms with Gasteiger partial charge in [-0.2, -0.15) is 14.2 Å². The van der Waals surface area contributed by atoms with E-state index in [1.807, 2.05) is 4.90 Å². The van der Waals surface area contributed by atoms with E-state index in [1.54, 1.807) is 42.5 Å². The van der Waals surface area contributed by atoms with Crippen LogP contribution in [-0.4, -0.2) is 88.3 Å². The molecule has 1 fully saturated rings. The number of phenolic OH excluding ortho intramolecular Hbond substituents is 1. The summed E-state index contributed by atoms with van der Waals surface area (Å²) in [5.41, 5.74) is 8.05. The predicted molar refractivity (Wildman–Crippen MR) is 171 cm³/mol. The number of hydrogen-bond donors (Lipinski definition) is 6. The number of aromatic hydroxyl groups is 1. The van der Waals surface area contributed by atoms with Crippen LogP contribution in [0.15, 0.2) is 59.8 Å². The summed E-state index contributed by atoms with van der Waals surface area (Å²) in [6.07, 6.45) is 4.19. The molecule has 0 atom stereocenters. The third-order valence-corrected chi connectivity index (χ3v) is 9.58. The fourth-order valence-electron chi connectivity index (χ4n) is 5.01. The van der Waals surface area contributed by atoms with Crippen LogP contribution in [0.1, 0.15) is 0 Å². The summed E-state index contributed by atoms with van der Waals surface area (Å²) in [5.74, 6) is 1.24. The Balaban J connectivity index is 1.14. The molecule has 0 unspecified atom stereocenters. The van der Waals surface area contributed by atoms with E-state index in [9.17, 15) is 13.9 Å². The second-order valence-electron chi connectivity index (χ2n) is 10.2. The molecule has 0 spiro atoms. The minimum Gasteiger partial charge on any atom is -0.504 e. The minimum atomic E-state index is -4.44. The Morgan fingerprint density at radius 2 is 1.81 bits per heavy atom. The number of nitrogens with one attached hydrogen (secondary N) is 3. The number of nitrogen functional groups attached to an aromatic ring is 1. The fraction of sp³-hybridized carbons (Fsp3) is 0.222. The van der Waals surface area contributed by atoms with Gasteiger partial charge in [-0.05, 0) is 48.6 Å². The highest BCUT2D eigenvalue weighted by Crippen LogP contribution is 2.38. The first-order chi connectivity index (χ1) is 20.5. The maximum absolute atomic E-state index is 13.4. The number of fused-ring (bicyclic) bond motifs is 3. The van der Waals surface area contributed by atoms with E-state index in [2.05, 4.69) is 39.9 Å². The van der Waals surface area contributed by atoms with Crippen molar-refractivity contribution in [2.45, 2.75) is 4.90 Å². The van der Waals surface area contributed by atoms with Crippen LogP contribution in [0, 0.1) is 0 Å². The SMILES string of the molecule is COc1cc2[nH]c3nc(N)nc(N4CCN(C(=S)Nc5ccc(S(C)(=O)(O)Nc6ncccn6)cc5)CC4)c3c2cc1O. The van der Waals surface area contributed by atoms with Crippen LogP contribution in [0.2, 0.25) is 0 Å². The molecule has 0 bridgehead atoms. The molecule has 0 radical (unpaired) electrons. The maximum atomic E-state index is 13.4. The lowest BCUT2D eigenvalue weighted by molar-refractivity contribution is 0.374. The van der Waals surface area contributed by atoms with Gasteiger partial charge in [0.05, 0.1) is 22.9 Å². The highest BCUT2D eigenvalue weighted by Gasteiger charge is 2.26. The van der Waals surface area contributed by atoms with Crippen molar-refractivity contribution in [3.8, 4) is 11.5 Å². The van der Waals surface area contributed by atoms with Crippen molar-refractivity contribution in [3.05, 3.63) is 54.9 Å². The Kier molecular flexibility index (Phi) is 6.90. The standard InChI is InChI=1S/C27H30N10O4S2/c1-41-21-15-19-18(14-20(21)38)22-23(32-19)33-25(28)34-24(22)36-10-12-37(13-11-36)27(42)31-16-4-6-17(7-5-16)43(2,39,40)35-26-29-8-3-9-30-26/h3-9,14-15,38H,10-13H2,1-2H3,(H,31,42)(H3,28,32,33,34)(H2,29,30,35,39,40). The summed E-state index contributed by atoms with van der Waals surface area (Å²) in [4.78, 5) is 24.5. The third kappa shape index (κ3) is 5.54. The van der Waals surface area contributed by atoms with Crippen LogP contribution in [0.3, 0.4) is 0 Å². The molecule has 224 valence electrons. The van der Waals surface area contributed by atoms with Crippen molar-refractivity contribution in [2.24, 2.45) is 0 Å². The van der Waals surface area contributed by atoms with E-state index in [0.717, 1.165) is 16.3 Å². The van der Waals surface area contributed by atoms with E-state index in [4.69, 9.17) is 22.7 Å². The van der Waals surface area contributed by atoms with Crippen LogP contribution < -0.4 is 25.4 Å². The van der Waals surface area contributed by atoms with Crippen molar-refractivity contribution in [1.82, 2.24) is 29.8 Å². The normalized spacial score (nSPS) is 14.8. The zero-order chi connectivity index (χ0) is 30.4. The number of hydrogen-bond acceptors (Lipinski definition) is 10. The van der Waals surface area contributed by atoms with Gasteiger partial charge >= 0.3 is 0 Å². The van der Waals surface area contributed by atoms with Crippen molar-refractivity contribution in [1.29, 1.82) is 0 Å². The second kappa shape index (κ2) is 10.5. The number of aromatic nitrogens is 5. The minimum absolute atomic E-state index is 0.0188. The Morgan fingerprint density at radius 1 is 1.12 bits per heavy atom. The number of methoxy groups -OCH3 is 1. The molecule has 14 nitrogen and oxygen atoms in total. The number of aromatic amines is 1. The van der Waals surface area contributed by atoms with Crippen LogP contribution in [0.5, 0.6) is 11.5 Å². The summed E-state index contributed by atoms with van der Waals surface area (Å²) >= 11 is 5.68. The maximum Gasteiger partial charge on any atom is 0.241 e. The first-order valence-electron chi connectivity index (χ1n) is 13.2. The van der Waals surface area contributed by atoms with Gasteiger partial charge in [0, 0.05) is 62.0 Å².